The zero-order valence-electron chi connectivity index (χ0n) is 44.0. The van der Waals surface area contributed by atoms with Crippen LogP contribution in [0.5, 0.6) is 0 Å². The maximum Gasteiger partial charge on any atom is 0.123 e. The smallest absolute Gasteiger partial charge is 0.123 e. The Morgan fingerprint density at radius 3 is 1.54 bits per heavy atom. The molecule has 0 aromatic heterocycles. The molecule has 0 unspecified atom stereocenters. The Labute approximate surface area is 416 Å². The molecule has 0 saturated heterocycles. The normalized spacial score (nSPS) is 41.6. The molecule has 5 N–H and O–H groups in total. The quantitative estimate of drug-likeness (QED) is 0.153. The van der Waals surface area contributed by atoms with Gasteiger partial charge >= 0.3 is 0 Å². The van der Waals surface area contributed by atoms with Crippen molar-refractivity contribution in [3.63, 3.8) is 0 Å². The first kappa shape index (κ1) is 53.1. The third kappa shape index (κ3) is 10.00. The van der Waals surface area contributed by atoms with E-state index in [9.17, 15) is 29.2 Å². The molecule has 10 rings (SSSR count). The summed E-state index contributed by atoms with van der Waals surface area (Å²) in [5.74, 6) is 5.48. The van der Waals surface area contributed by atoms with Crippen LogP contribution >= 0.6 is 0 Å². The average Bonchev–Trinajstić information content (AvgIpc) is 3.90. The van der Waals surface area contributed by atoms with Crippen LogP contribution in [-0.4, -0.2) is 55.5 Å². The lowest BCUT2D eigenvalue weighted by molar-refractivity contribution is -0.148. The van der Waals surface area contributed by atoms with Crippen molar-refractivity contribution in [2.75, 3.05) is 6.61 Å². The highest BCUT2D eigenvalue weighted by atomic mass is 19.1. The van der Waals surface area contributed by atoms with Gasteiger partial charge in [0, 0.05) is 6.61 Å². The number of fused-ring (bicyclic) bond motifs is 10. The first-order valence-corrected chi connectivity index (χ1v) is 28.4. The first-order chi connectivity index (χ1) is 32.8. The van der Waals surface area contributed by atoms with Gasteiger partial charge in [-0.25, -0.2) is 8.78 Å². The molecular weight excluding hydrogens is 863 g/mol. The molecule has 5 nitrogen and oxygen atoms in total. The van der Waals surface area contributed by atoms with Gasteiger partial charge in [0.15, 0.2) is 0 Å². The lowest BCUT2D eigenvalue weighted by Gasteiger charge is -2.61. The van der Waals surface area contributed by atoms with Gasteiger partial charge in [0.2, 0.25) is 0 Å². The van der Waals surface area contributed by atoms with Crippen LogP contribution in [0, 0.1) is 86.6 Å². The summed E-state index contributed by atoms with van der Waals surface area (Å²) in [7, 11) is 0. The molecule has 8 aliphatic carbocycles. The van der Waals surface area contributed by atoms with E-state index in [1.54, 1.807) is 6.92 Å². The highest BCUT2D eigenvalue weighted by Gasteiger charge is 2.64. The van der Waals surface area contributed by atoms with E-state index in [1.807, 2.05) is 24.3 Å². The molecule has 0 bridgehead atoms. The number of halogens is 2. The van der Waals surface area contributed by atoms with Crippen molar-refractivity contribution in [2.45, 2.75) is 220 Å². The van der Waals surface area contributed by atoms with Crippen LogP contribution in [-0.2, 0) is 12.8 Å². The van der Waals surface area contributed by atoms with E-state index in [0.717, 1.165) is 131 Å². The minimum Gasteiger partial charge on any atom is -0.397 e. The van der Waals surface area contributed by atoms with Gasteiger partial charge in [-0.2, -0.15) is 0 Å². The molecule has 7 heteroatoms. The molecule has 69 heavy (non-hydrogen) atoms. The van der Waals surface area contributed by atoms with Crippen LogP contribution < -0.4 is 0 Å². The highest BCUT2D eigenvalue weighted by Crippen LogP contribution is 2.70. The standard InChI is InChI=1S/C30H45FO2.C30H43FO2.C2H6O/c2*1-4-30(33,18-13-20-5-8-22(31)9-6-20)27-12-11-25-24-10-7-21-19-23(32)14-16-28(21,2)26(24)15-17-29(25,27)3;1-2-3/h5-6,8-9,21,23-27,32-33H,4,7,10-19H2,1-3H3;5-9,23-27,32-33H,4,10-19H2,1-3H3;3H,2H2,1H3/t21-,23-,24-,25-,26-,27-,28-,29-,30+;23-,24-,25-,26-,27-,28-,29-,30+;/m00./s1. The van der Waals surface area contributed by atoms with Crippen LogP contribution in [0.4, 0.5) is 8.78 Å². The zero-order chi connectivity index (χ0) is 49.6. The van der Waals surface area contributed by atoms with Gasteiger partial charge in [0.1, 0.15) is 11.6 Å². The molecule has 0 radical (unpaired) electrons. The molecule has 0 aliphatic heterocycles. The maximum absolute atomic E-state index is 13.3. The lowest BCUT2D eigenvalue weighted by atomic mass is 9.44. The van der Waals surface area contributed by atoms with Crippen LogP contribution in [0.2, 0.25) is 0 Å². The Kier molecular flexibility index (Phi) is 16.2. The Hall–Kier alpha value is -2.16. The predicted octanol–water partition coefficient (Wildman–Crippen LogP) is 13.8. The Balaban J connectivity index is 0.000000176. The third-order valence-electron chi connectivity index (χ3n) is 22.8. The van der Waals surface area contributed by atoms with Crippen molar-refractivity contribution in [3.05, 3.63) is 82.9 Å². The lowest BCUT2D eigenvalue weighted by Crippen LogP contribution is -2.55. The van der Waals surface area contributed by atoms with Gasteiger partial charge in [-0.3, -0.25) is 0 Å². The summed E-state index contributed by atoms with van der Waals surface area (Å²) in [5.41, 5.74) is 3.58. The number of rotatable bonds is 10. The highest BCUT2D eigenvalue weighted by molar-refractivity contribution is 5.26. The fraction of sp³-hybridized carbons (Fsp3) is 0.774. The van der Waals surface area contributed by atoms with Gasteiger partial charge in [-0.05, 0) is 265 Å². The monoisotopic (exact) mass is 957 g/mol. The summed E-state index contributed by atoms with van der Waals surface area (Å²) in [4.78, 5) is 0. The Morgan fingerprint density at radius 2 is 1.01 bits per heavy atom. The topological polar surface area (TPSA) is 101 Å². The summed E-state index contributed by atoms with van der Waals surface area (Å²) in [6.45, 7) is 16.3. The van der Waals surface area contributed by atoms with E-state index in [0.29, 0.717) is 29.1 Å². The second kappa shape index (κ2) is 21.0. The number of hydrogen-bond acceptors (Lipinski definition) is 5. The van der Waals surface area contributed by atoms with Gasteiger partial charge in [0.25, 0.3) is 0 Å². The number of aryl methyl sites for hydroxylation is 2. The summed E-state index contributed by atoms with van der Waals surface area (Å²) in [5, 5.41) is 52.1. The van der Waals surface area contributed by atoms with Crippen molar-refractivity contribution in [3.8, 4) is 0 Å². The van der Waals surface area contributed by atoms with Gasteiger partial charge in [0.05, 0.1) is 23.4 Å². The summed E-state index contributed by atoms with van der Waals surface area (Å²) in [6.07, 6.45) is 26.7. The van der Waals surface area contributed by atoms with E-state index in [4.69, 9.17) is 5.11 Å². The molecule has 17 atom stereocenters. The molecule has 0 heterocycles. The number of benzene rings is 2. The molecule has 0 spiro atoms. The maximum atomic E-state index is 13.3. The van der Waals surface area contributed by atoms with Crippen molar-refractivity contribution in [2.24, 2.45) is 74.9 Å². The Bertz CT molecular complexity index is 2040. The second-order valence-electron chi connectivity index (χ2n) is 25.6. The average molecular weight is 957 g/mol. The summed E-state index contributed by atoms with van der Waals surface area (Å²) >= 11 is 0. The van der Waals surface area contributed by atoms with Crippen LogP contribution in [0.15, 0.2) is 60.2 Å². The minimum atomic E-state index is -0.654. The predicted molar refractivity (Wildman–Crippen MR) is 275 cm³/mol. The van der Waals surface area contributed by atoms with E-state index < -0.39 is 11.2 Å². The molecule has 7 fully saturated rings. The van der Waals surface area contributed by atoms with Crippen LogP contribution in [0.25, 0.3) is 0 Å². The molecular formula is C62H94F2O5. The van der Waals surface area contributed by atoms with E-state index in [-0.39, 0.29) is 46.7 Å². The van der Waals surface area contributed by atoms with Crippen LogP contribution in [0.3, 0.4) is 0 Å². The Morgan fingerprint density at radius 1 is 0.551 bits per heavy atom. The van der Waals surface area contributed by atoms with Crippen molar-refractivity contribution in [1.29, 1.82) is 0 Å². The van der Waals surface area contributed by atoms with Crippen molar-refractivity contribution >= 4 is 0 Å². The number of allylic oxidation sites excluding steroid dienone is 1. The van der Waals surface area contributed by atoms with Crippen molar-refractivity contribution < 1.29 is 34.3 Å². The third-order valence-corrected chi connectivity index (χ3v) is 22.8. The molecule has 2 aromatic rings. The SMILES string of the molecule is CCO.CC[C@@](O)(CCc1ccc(F)cc1)[C@H]1CC[C@H]2[C@@H]3CC=C4C[C@@H](O)CC[C@]4(C)[C@H]3CC[C@]12C.CC[C@@](O)(CCc1ccc(F)cc1)[C@H]1CC[C@H]2[C@@H]3CC[C@H]4C[C@@H](O)CC[C@]4(C)[C@H]3CC[C@]12C. The van der Waals surface area contributed by atoms with Gasteiger partial charge in [-0.15, -0.1) is 0 Å². The summed E-state index contributed by atoms with van der Waals surface area (Å²) < 4.78 is 26.7. The molecule has 7 saturated carbocycles. The minimum absolute atomic E-state index is 0.0787. The van der Waals surface area contributed by atoms with Gasteiger partial charge < -0.3 is 25.5 Å². The van der Waals surface area contributed by atoms with E-state index in [2.05, 4.69) is 47.6 Å². The molecule has 2 aromatic carbocycles. The summed E-state index contributed by atoms with van der Waals surface area (Å²) in [6, 6.07) is 13.6. The number of hydrogen-bond donors (Lipinski definition) is 5. The fourth-order valence-electron chi connectivity index (χ4n) is 18.9. The van der Waals surface area contributed by atoms with Crippen molar-refractivity contribution in [1.82, 2.24) is 0 Å². The van der Waals surface area contributed by atoms with Crippen LogP contribution in [0.1, 0.15) is 194 Å². The zero-order valence-corrected chi connectivity index (χ0v) is 44.0. The van der Waals surface area contributed by atoms with E-state index >= 15 is 0 Å². The number of aliphatic hydroxyl groups is 5. The van der Waals surface area contributed by atoms with Gasteiger partial charge in [-0.1, -0.05) is 77.5 Å². The molecule has 386 valence electrons. The molecule has 8 aliphatic rings. The molecule has 0 amide bonds. The second-order valence-corrected chi connectivity index (χ2v) is 25.6. The fourth-order valence-corrected chi connectivity index (χ4v) is 18.9. The van der Waals surface area contributed by atoms with E-state index in [1.165, 1.54) is 87.6 Å². The first-order valence-electron chi connectivity index (χ1n) is 28.4. The number of aliphatic hydroxyl groups excluding tert-OH is 3. The largest absolute Gasteiger partial charge is 0.397 e.